The van der Waals surface area contributed by atoms with Crippen LogP contribution in [0.15, 0.2) is 48.5 Å². The maximum absolute atomic E-state index is 14.0. The number of carbonyl (C=O) groups excluding carboxylic acids is 2. The summed E-state index contributed by atoms with van der Waals surface area (Å²) in [7, 11) is 0. The molecule has 0 saturated carbocycles. The SMILES string of the molecule is CCCN1CC(C(=O)N[C@@H](Cc2cc(F)cc(F)c2)[C@H](O)[C@H]2C[C@@H](OCc3ccccc3)CN2)CN(CCC)C1=O. The van der Waals surface area contributed by atoms with Gasteiger partial charge in [-0.1, -0.05) is 44.2 Å². The molecule has 0 aromatic heterocycles. The highest BCUT2D eigenvalue weighted by molar-refractivity contribution is 5.83. The predicted octanol–water partition coefficient (Wildman–Crippen LogP) is 3.47. The van der Waals surface area contributed by atoms with E-state index >= 15 is 0 Å². The van der Waals surface area contributed by atoms with E-state index in [0.29, 0.717) is 38.2 Å². The van der Waals surface area contributed by atoms with Gasteiger partial charge < -0.3 is 30.3 Å². The lowest BCUT2D eigenvalue weighted by atomic mass is 9.93. The summed E-state index contributed by atoms with van der Waals surface area (Å²) in [5.74, 6) is -2.23. The monoisotopic (exact) mass is 572 g/mol. The number of hydrogen-bond acceptors (Lipinski definition) is 5. The van der Waals surface area contributed by atoms with Crippen LogP contribution in [0.5, 0.6) is 0 Å². The summed E-state index contributed by atoms with van der Waals surface area (Å²) in [5.41, 5.74) is 1.38. The molecule has 3 amide bonds. The third-order valence-electron chi connectivity index (χ3n) is 7.76. The Morgan fingerprint density at radius 3 is 2.29 bits per heavy atom. The minimum absolute atomic E-state index is 0.0400. The summed E-state index contributed by atoms with van der Waals surface area (Å²) in [6.45, 7) is 6.62. The van der Waals surface area contributed by atoms with Crippen LogP contribution in [-0.4, -0.2) is 83.9 Å². The van der Waals surface area contributed by atoms with E-state index in [-0.39, 0.29) is 43.6 Å². The molecule has 0 spiro atoms. The van der Waals surface area contributed by atoms with Gasteiger partial charge in [0.1, 0.15) is 11.6 Å². The molecule has 2 aromatic carbocycles. The van der Waals surface area contributed by atoms with Crippen molar-refractivity contribution in [2.75, 3.05) is 32.7 Å². The lowest BCUT2D eigenvalue weighted by molar-refractivity contribution is -0.128. The van der Waals surface area contributed by atoms with Gasteiger partial charge in [0.2, 0.25) is 5.91 Å². The predicted molar refractivity (Wildman–Crippen MR) is 152 cm³/mol. The Morgan fingerprint density at radius 1 is 1.05 bits per heavy atom. The summed E-state index contributed by atoms with van der Waals surface area (Å²) >= 11 is 0. The van der Waals surface area contributed by atoms with Gasteiger partial charge >= 0.3 is 6.03 Å². The van der Waals surface area contributed by atoms with Crippen LogP contribution >= 0.6 is 0 Å². The van der Waals surface area contributed by atoms with Crippen LogP contribution in [0.2, 0.25) is 0 Å². The standard InChI is InChI=1S/C31H42F2N4O4/c1-3-10-36-18-23(19-37(11-4-2)31(36)40)30(39)35-28(14-22-12-24(32)15-25(33)13-22)29(38)27-16-26(17-34-27)41-20-21-8-6-5-7-9-21/h5-9,12-13,15,23,26-29,34,38H,3-4,10-11,14,16-20H2,1-2H3,(H,35,39)/t26-,27-,28+,29-/m1/s1. The van der Waals surface area contributed by atoms with Crippen LogP contribution in [0.1, 0.15) is 44.2 Å². The summed E-state index contributed by atoms with van der Waals surface area (Å²) < 4.78 is 34.1. The Hall–Kier alpha value is -3.08. The number of rotatable bonds is 13. The third-order valence-corrected chi connectivity index (χ3v) is 7.76. The first-order valence-electron chi connectivity index (χ1n) is 14.6. The average molecular weight is 573 g/mol. The first-order chi connectivity index (χ1) is 19.8. The van der Waals surface area contributed by atoms with Crippen LogP contribution in [0, 0.1) is 17.6 Å². The van der Waals surface area contributed by atoms with E-state index in [4.69, 9.17) is 4.74 Å². The van der Waals surface area contributed by atoms with Crippen molar-refractivity contribution < 1.29 is 28.2 Å². The van der Waals surface area contributed by atoms with Crippen molar-refractivity contribution in [2.24, 2.45) is 5.92 Å². The van der Waals surface area contributed by atoms with Crippen molar-refractivity contribution >= 4 is 11.9 Å². The largest absolute Gasteiger partial charge is 0.389 e. The van der Waals surface area contributed by atoms with Crippen molar-refractivity contribution in [1.82, 2.24) is 20.4 Å². The number of halogens is 2. The van der Waals surface area contributed by atoms with Gasteiger partial charge in [-0.15, -0.1) is 0 Å². The molecule has 2 saturated heterocycles. The molecule has 0 radical (unpaired) electrons. The normalized spacial score (nSPS) is 21.2. The quantitative estimate of drug-likeness (QED) is 0.342. The minimum atomic E-state index is -1.04. The van der Waals surface area contributed by atoms with Crippen LogP contribution in [-0.2, 0) is 22.6 Å². The highest BCUT2D eigenvalue weighted by Crippen LogP contribution is 2.22. The number of aliphatic hydroxyl groups excluding tert-OH is 1. The highest BCUT2D eigenvalue weighted by Gasteiger charge is 2.39. The number of benzene rings is 2. The van der Waals surface area contributed by atoms with E-state index in [1.165, 1.54) is 12.1 Å². The Kier molecular flexibility index (Phi) is 11.1. The molecule has 2 fully saturated rings. The zero-order valence-corrected chi connectivity index (χ0v) is 23.9. The lowest BCUT2D eigenvalue weighted by Gasteiger charge is -2.40. The van der Waals surface area contributed by atoms with Gasteiger partial charge in [-0.3, -0.25) is 4.79 Å². The Bertz CT molecular complexity index is 1120. The van der Waals surface area contributed by atoms with Crippen LogP contribution in [0.3, 0.4) is 0 Å². The number of carbonyl (C=O) groups is 2. The molecule has 4 atom stereocenters. The number of nitrogens with one attached hydrogen (secondary N) is 2. The first-order valence-corrected chi connectivity index (χ1v) is 14.6. The van der Waals surface area contributed by atoms with Crippen molar-refractivity contribution in [2.45, 2.75) is 70.4 Å². The molecule has 0 aliphatic carbocycles. The summed E-state index contributed by atoms with van der Waals surface area (Å²) in [6.07, 6.45) is 0.926. The van der Waals surface area contributed by atoms with E-state index in [1.54, 1.807) is 9.80 Å². The molecule has 0 bridgehead atoms. The van der Waals surface area contributed by atoms with E-state index in [0.717, 1.165) is 24.5 Å². The van der Waals surface area contributed by atoms with Crippen LogP contribution in [0.25, 0.3) is 0 Å². The summed E-state index contributed by atoms with van der Waals surface area (Å²) in [6, 6.07) is 11.8. The highest BCUT2D eigenvalue weighted by atomic mass is 19.1. The van der Waals surface area contributed by atoms with Gasteiger partial charge in [-0.2, -0.15) is 0 Å². The molecule has 4 rings (SSSR count). The fourth-order valence-electron chi connectivity index (χ4n) is 5.75. The van der Waals surface area contributed by atoms with E-state index in [9.17, 15) is 23.5 Å². The molecule has 2 heterocycles. The molecule has 224 valence electrons. The molecule has 0 unspecified atom stereocenters. The van der Waals surface area contributed by atoms with Gasteiger partial charge in [-0.25, -0.2) is 13.6 Å². The second-order valence-corrected chi connectivity index (χ2v) is 11.1. The Balaban J connectivity index is 1.46. The average Bonchev–Trinajstić information content (AvgIpc) is 3.42. The molecule has 41 heavy (non-hydrogen) atoms. The Morgan fingerprint density at radius 2 is 1.68 bits per heavy atom. The number of aliphatic hydroxyl groups is 1. The zero-order valence-electron chi connectivity index (χ0n) is 23.9. The number of hydrogen-bond donors (Lipinski definition) is 3. The van der Waals surface area contributed by atoms with Crippen LogP contribution < -0.4 is 10.6 Å². The fourth-order valence-corrected chi connectivity index (χ4v) is 5.75. The topological polar surface area (TPSA) is 94.1 Å². The minimum Gasteiger partial charge on any atom is -0.389 e. The smallest absolute Gasteiger partial charge is 0.320 e. The van der Waals surface area contributed by atoms with E-state index < -0.39 is 29.7 Å². The van der Waals surface area contributed by atoms with E-state index in [1.807, 2.05) is 44.2 Å². The van der Waals surface area contributed by atoms with Crippen molar-refractivity contribution in [3.63, 3.8) is 0 Å². The molecule has 10 heteroatoms. The van der Waals surface area contributed by atoms with Crippen LogP contribution in [0.4, 0.5) is 13.6 Å². The third kappa shape index (κ3) is 8.47. The lowest BCUT2D eigenvalue weighted by Crippen LogP contribution is -2.59. The zero-order chi connectivity index (χ0) is 29.4. The molecule has 2 aliphatic rings. The molecular formula is C31H42F2N4O4. The summed E-state index contributed by atoms with van der Waals surface area (Å²) in [4.78, 5) is 29.8. The van der Waals surface area contributed by atoms with E-state index in [2.05, 4.69) is 10.6 Å². The second-order valence-electron chi connectivity index (χ2n) is 11.1. The number of nitrogens with zero attached hydrogens (tertiary/aromatic N) is 2. The van der Waals surface area contributed by atoms with Gasteiger partial charge in [0.15, 0.2) is 0 Å². The van der Waals surface area contributed by atoms with Gasteiger partial charge in [0.05, 0.1) is 30.8 Å². The first kappa shape index (κ1) is 30.9. The van der Waals surface area contributed by atoms with Crippen molar-refractivity contribution in [3.8, 4) is 0 Å². The number of amides is 3. The fraction of sp³-hybridized carbons (Fsp3) is 0.548. The van der Waals surface area contributed by atoms with Crippen molar-refractivity contribution in [1.29, 1.82) is 0 Å². The van der Waals surface area contributed by atoms with Crippen molar-refractivity contribution in [3.05, 3.63) is 71.3 Å². The van der Waals surface area contributed by atoms with Gasteiger partial charge in [0, 0.05) is 44.8 Å². The summed E-state index contributed by atoms with van der Waals surface area (Å²) in [5, 5.41) is 17.8. The van der Waals surface area contributed by atoms with Gasteiger partial charge in [-0.05, 0) is 48.9 Å². The number of ether oxygens (including phenoxy) is 1. The molecular weight excluding hydrogens is 530 g/mol. The molecule has 8 nitrogen and oxygen atoms in total. The second kappa shape index (κ2) is 14.7. The molecule has 3 N–H and O–H groups in total. The molecule has 2 aromatic rings. The molecule has 2 aliphatic heterocycles. The maximum Gasteiger partial charge on any atom is 0.320 e. The number of urea groups is 1. The maximum atomic E-state index is 14.0. The Labute approximate surface area is 241 Å². The van der Waals surface area contributed by atoms with Gasteiger partial charge in [0.25, 0.3) is 0 Å².